The summed E-state index contributed by atoms with van der Waals surface area (Å²) in [5, 5.41) is 18.8. The Hall–Kier alpha value is -1.13. The number of hydrogen-bond donors (Lipinski definition) is 2. The maximum Gasteiger partial charge on any atom is 0.333 e. The molecule has 2 N–H and O–H groups in total. The van der Waals surface area contributed by atoms with Crippen molar-refractivity contribution >= 4 is 17.6 Å². The minimum Gasteiger partial charge on any atom is -0.479 e. The van der Waals surface area contributed by atoms with Gasteiger partial charge in [-0.3, -0.25) is 4.98 Å². The highest BCUT2D eigenvalue weighted by molar-refractivity contribution is 6.31. The maximum atomic E-state index is 10.8. The van der Waals surface area contributed by atoms with Crippen molar-refractivity contribution in [1.82, 2.24) is 4.98 Å². The molecule has 1 aromatic rings. The van der Waals surface area contributed by atoms with Gasteiger partial charge in [-0.1, -0.05) is 11.6 Å². The number of carbonyl (C=O) groups is 1. The van der Waals surface area contributed by atoms with Crippen molar-refractivity contribution in [3.8, 4) is 0 Å². The predicted molar refractivity (Wildman–Crippen MR) is 53.8 cm³/mol. The van der Waals surface area contributed by atoms with Crippen LogP contribution in [0.5, 0.6) is 0 Å². The van der Waals surface area contributed by atoms with E-state index in [9.17, 15) is 9.90 Å². The Kier molecular flexibility index (Phi) is 2.40. The molecule has 0 spiro atoms. The summed E-state index contributed by atoms with van der Waals surface area (Å²) in [4.78, 5) is 14.6. The van der Waals surface area contributed by atoms with Crippen molar-refractivity contribution in [1.29, 1.82) is 0 Å². The van der Waals surface area contributed by atoms with Gasteiger partial charge in [0.25, 0.3) is 0 Å². The van der Waals surface area contributed by atoms with Gasteiger partial charge in [-0.2, -0.15) is 0 Å². The largest absolute Gasteiger partial charge is 0.479 e. The number of aliphatic hydroxyl groups is 1. The van der Waals surface area contributed by atoms with Crippen LogP contribution in [0.3, 0.4) is 0 Å². The SMILES string of the molecule is O=C(O)C(O)C1(c2ccncc2Cl)CC1. The molecule has 1 aliphatic rings. The summed E-state index contributed by atoms with van der Waals surface area (Å²) in [5.74, 6) is -1.21. The standard InChI is InChI=1S/C10H10ClNO3/c11-7-5-12-4-1-6(7)10(2-3-10)8(13)9(14)15/h1,4-5,8,13H,2-3H2,(H,14,15). The van der Waals surface area contributed by atoms with Crippen LogP contribution in [0.4, 0.5) is 0 Å². The number of rotatable bonds is 3. The van der Waals surface area contributed by atoms with Crippen molar-refractivity contribution in [2.75, 3.05) is 0 Å². The Labute approximate surface area is 91.5 Å². The van der Waals surface area contributed by atoms with Crippen LogP contribution in [-0.4, -0.2) is 27.3 Å². The zero-order valence-corrected chi connectivity index (χ0v) is 8.61. The maximum absolute atomic E-state index is 10.8. The number of nitrogens with zero attached hydrogens (tertiary/aromatic N) is 1. The molecule has 5 heteroatoms. The van der Waals surface area contributed by atoms with Gasteiger partial charge in [0.2, 0.25) is 0 Å². The quantitative estimate of drug-likeness (QED) is 0.815. The molecule has 0 radical (unpaired) electrons. The number of aliphatic hydroxyl groups excluding tert-OH is 1. The van der Waals surface area contributed by atoms with Crippen molar-refractivity contribution in [3.05, 3.63) is 29.0 Å². The first-order valence-corrected chi connectivity index (χ1v) is 4.96. The molecule has 1 aromatic heterocycles. The van der Waals surface area contributed by atoms with Gasteiger partial charge < -0.3 is 10.2 Å². The van der Waals surface area contributed by atoms with E-state index in [2.05, 4.69) is 4.98 Å². The van der Waals surface area contributed by atoms with Crippen molar-refractivity contribution in [3.63, 3.8) is 0 Å². The normalized spacial score (nSPS) is 19.6. The van der Waals surface area contributed by atoms with Crippen LogP contribution in [0, 0.1) is 0 Å². The first kappa shape index (κ1) is 10.4. The molecule has 0 saturated heterocycles. The van der Waals surface area contributed by atoms with E-state index < -0.39 is 17.5 Å². The summed E-state index contributed by atoms with van der Waals surface area (Å²) in [6.45, 7) is 0. The number of hydrogen-bond acceptors (Lipinski definition) is 3. The van der Waals surface area contributed by atoms with Gasteiger partial charge in [-0.15, -0.1) is 0 Å². The molecule has 0 amide bonds. The molecule has 0 aliphatic heterocycles. The molecule has 4 nitrogen and oxygen atoms in total. The van der Waals surface area contributed by atoms with Crippen LogP contribution in [0.2, 0.25) is 5.02 Å². The first-order chi connectivity index (χ1) is 7.08. The van der Waals surface area contributed by atoms with Crippen LogP contribution < -0.4 is 0 Å². The van der Waals surface area contributed by atoms with Crippen LogP contribution >= 0.6 is 11.6 Å². The fourth-order valence-corrected chi connectivity index (χ4v) is 2.15. The summed E-state index contributed by atoms with van der Waals surface area (Å²) in [7, 11) is 0. The van der Waals surface area contributed by atoms with E-state index in [4.69, 9.17) is 16.7 Å². The highest BCUT2D eigenvalue weighted by atomic mass is 35.5. The van der Waals surface area contributed by atoms with Crippen molar-refractivity contribution in [2.24, 2.45) is 0 Å². The molecule has 1 fully saturated rings. The Bertz CT molecular complexity index is 403. The third-order valence-corrected chi connectivity index (χ3v) is 3.16. The molecule has 15 heavy (non-hydrogen) atoms. The molecular weight excluding hydrogens is 218 g/mol. The van der Waals surface area contributed by atoms with Crippen LogP contribution in [0.15, 0.2) is 18.5 Å². The lowest BCUT2D eigenvalue weighted by Crippen LogP contribution is -2.34. The third-order valence-electron chi connectivity index (χ3n) is 2.85. The van der Waals surface area contributed by atoms with Gasteiger partial charge in [0.15, 0.2) is 6.10 Å². The second-order valence-electron chi connectivity index (χ2n) is 3.75. The highest BCUT2D eigenvalue weighted by Crippen LogP contribution is 2.52. The fraction of sp³-hybridized carbons (Fsp3) is 0.400. The summed E-state index contributed by atoms with van der Waals surface area (Å²) in [6, 6.07) is 1.67. The highest BCUT2D eigenvalue weighted by Gasteiger charge is 2.54. The predicted octanol–water partition coefficient (Wildman–Crippen LogP) is 1.21. The number of carboxylic acid groups (broad SMARTS) is 1. The average molecular weight is 228 g/mol. The molecule has 1 heterocycles. The van der Waals surface area contributed by atoms with Gasteiger partial charge in [-0.25, -0.2) is 4.79 Å². The smallest absolute Gasteiger partial charge is 0.333 e. The Morgan fingerprint density at radius 1 is 1.60 bits per heavy atom. The first-order valence-electron chi connectivity index (χ1n) is 4.59. The fourth-order valence-electron chi connectivity index (χ4n) is 1.84. The summed E-state index contributed by atoms with van der Waals surface area (Å²) >= 11 is 5.93. The minimum absolute atomic E-state index is 0.412. The molecule has 2 rings (SSSR count). The summed E-state index contributed by atoms with van der Waals surface area (Å²) < 4.78 is 0. The molecule has 80 valence electrons. The van der Waals surface area contributed by atoms with E-state index in [0.29, 0.717) is 23.4 Å². The van der Waals surface area contributed by atoms with Crippen LogP contribution in [0.25, 0.3) is 0 Å². The zero-order valence-electron chi connectivity index (χ0n) is 7.85. The molecular formula is C10H10ClNO3. The van der Waals surface area contributed by atoms with Gasteiger partial charge in [-0.05, 0) is 24.5 Å². The molecule has 1 saturated carbocycles. The number of aliphatic carboxylic acids is 1. The average Bonchev–Trinajstić information content (AvgIpc) is 2.98. The lowest BCUT2D eigenvalue weighted by atomic mass is 9.90. The zero-order chi connectivity index (χ0) is 11.1. The lowest BCUT2D eigenvalue weighted by Gasteiger charge is -2.19. The lowest BCUT2D eigenvalue weighted by molar-refractivity contribution is -0.148. The topological polar surface area (TPSA) is 70.4 Å². The van der Waals surface area contributed by atoms with E-state index >= 15 is 0 Å². The van der Waals surface area contributed by atoms with E-state index in [1.165, 1.54) is 6.20 Å². The van der Waals surface area contributed by atoms with E-state index in [0.717, 1.165) is 0 Å². The third kappa shape index (κ3) is 1.60. The Morgan fingerprint density at radius 3 is 2.73 bits per heavy atom. The van der Waals surface area contributed by atoms with Gasteiger partial charge in [0.05, 0.1) is 5.02 Å². The van der Waals surface area contributed by atoms with Gasteiger partial charge in [0.1, 0.15) is 0 Å². The monoisotopic (exact) mass is 227 g/mol. The van der Waals surface area contributed by atoms with Crippen molar-refractivity contribution in [2.45, 2.75) is 24.4 Å². The minimum atomic E-state index is -1.39. The van der Waals surface area contributed by atoms with E-state index in [1.54, 1.807) is 12.3 Å². The molecule has 1 unspecified atom stereocenters. The summed E-state index contributed by atoms with van der Waals surface area (Å²) in [5.41, 5.74) is -0.0275. The van der Waals surface area contributed by atoms with E-state index in [-0.39, 0.29) is 0 Å². The number of carboxylic acids is 1. The number of pyridine rings is 1. The Balaban J connectivity index is 2.39. The molecule has 0 bridgehead atoms. The second kappa shape index (κ2) is 3.47. The number of aromatic nitrogens is 1. The molecule has 0 aromatic carbocycles. The second-order valence-corrected chi connectivity index (χ2v) is 4.16. The van der Waals surface area contributed by atoms with Crippen LogP contribution in [0.1, 0.15) is 18.4 Å². The van der Waals surface area contributed by atoms with Crippen LogP contribution in [-0.2, 0) is 10.2 Å². The van der Waals surface area contributed by atoms with E-state index in [1.807, 2.05) is 0 Å². The van der Waals surface area contributed by atoms with Gasteiger partial charge in [0, 0.05) is 17.8 Å². The van der Waals surface area contributed by atoms with Gasteiger partial charge >= 0.3 is 5.97 Å². The molecule has 1 aliphatic carbocycles. The molecule has 1 atom stereocenters. The van der Waals surface area contributed by atoms with Crippen molar-refractivity contribution < 1.29 is 15.0 Å². The Morgan fingerprint density at radius 2 is 2.27 bits per heavy atom. The number of halogens is 1. The summed E-state index contributed by atoms with van der Waals surface area (Å²) in [6.07, 6.45) is 2.91.